The van der Waals surface area contributed by atoms with Crippen molar-refractivity contribution < 1.29 is 4.79 Å². The minimum absolute atomic E-state index is 0.155. The van der Waals surface area contributed by atoms with Gasteiger partial charge < -0.3 is 0 Å². The van der Waals surface area contributed by atoms with Crippen LogP contribution in [0.25, 0.3) is 0 Å². The molecule has 2 aromatic carbocycles. The predicted molar refractivity (Wildman–Crippen MR) is 95.8 cm³/mol. The van der Waals surface area contributed by atoms with Crippen molar-refractivity contribution in [1.29, 1.82) is 0 Å². The molecule has 0 heterocycles. The second-order valence-electron chi connectivity index (χ2n) is 6.15. The Morgan fingerprint density at radius 1 is 1.13 bits per heavy atom. The maximum atomic E-state index is 13.1. The average Bonchev–Trinajstić information content (AvgIpc) is 2.87. The Morgan fingerprint density at radius 3 is 2.57 bits per heavy atom. The molecule has 1 aliphatic carbocycles. The monoisotopic (exact) mass is 325 g/mol. The Hall–Kier alpha value is -1.93. The van der Waals surface area contributed by atoms with Gasteiger partial charge in [0.1, 0.15) is 0 Å². The maximum absolute atomic E-state index is 13.1. The Labute approximate surface area is 142 Å². The van der Waals surface area contributed by atoms with Crippen LogP contribution in [0.4, 0.5) is 0 Å². The van der Waals surface area contributed by atoms with E-state index in [-0.39, 0.29) is 17.6 Å². The first-order valence-corrected chi connectivity index (χ1v) is 8.21. The number of hydrogen-bond donors (Lipinski definition) is 0. The van der Waals surface area contributed by atoms with Crippen molar-refractivity contribution in [2.24, 2.45) is 4.99 Å². The minimum atomic E-state index is -0.233. The van der Waals surface area contributed by atoms with E-state index >= 15 is 0 Å². The van der Waals surface area contributed by atoms with Gasteiger partial charge >= 0.3 is 0 Å². The van der Waals surface area contributed by atoms with Crippen LogP contribution in [0.5, 0.6) is 0 Å². The van der Waals surface area contributed by atoms with Gasteiger partial charge in [0.2, 0.25) is 0 Å². The molecule has 0 N–H and O–H groups in total. The third-order valence-electron chi connectivity index (χ3n) is 4.87. The Kier molecular flexibility index (Phi) is 4.36. The SMILES string of the molecule is CN=C1CC(c2cccc(Cl)c2)C(=O)C1c1cccc(C)c1C. The fourth-order valence-electron chi connectivity index (χ4n) is 3.44. The molecule has 1 aliphatic rings. The summed E-state index contributed by atoms with van der Waals surface area (Å²) in [6.07, 6.45) is 0.674. The summed E-state index contributed by atoms with van der Waals surface area (Å²) < 4.78 is 0. The fraction of sp³-hybridized carbons (Fsp3) is 0.300. The van der Waals surface area contributed by atoms with Gasteiger partial charge in [0.05, 0.1) is 5.92 Å². The van der Waals surface area contributed by atoms with Crippen molar-refractivity contribution in [3.8, 4) is 0 Å². The number of halogens is 1. The topological polar surface area (TPSA) is 29.4 Å². The third kappa shape index (κ3) is 2.84. The highest BCUT2D eigenvalue weighted by atomic mass is 35.5. The van der Waals surface area contributed by atoms with Crippen molar-refractivity contribution in [3.05, 3.63) is 69.7 Å². The van der Waals surface area contributed by atoms with E-state index in [4.69, 9.17) is 11.6 Å². The summed E-state index contributed by atoms with van der Waals surface area (Å²) in [5, 5.41) is 0.667. The third-order valence-corrected chi connectivity index (χ3v) is 5.11. The molecular weight excluding hydrogens is 306 g/mol. The van der Waals surface area contributed by atoms with Crippen LogP contribution in [0.1, 0.15) is 40.5 Å². The van der Waals surface area contributed by atoms with E-state index in [1.807, 2.05) is 30.3 Å². The van der Waals surface area contributed by atoms with Gasteiger partial charge in [-0.2, -0.15) is 0 Å². The number of carbonyl (C=O) groups is 1. The molecule has 0 saturated heterocycles. The fourth-order valence-corrected chi connectivity index (χ4v) is 3.64. The Morgan fingerprint density at radius 2 is 1.87 bits per heavy atom. The minimum Gasteiger partial charge on any atom is -0.298 e. The molecule has 0 spiro atoms. The maximum Gasteiger partial charge on any atom is 0.153 e. The lowest BCUT2D eigenvalue weighted by Gasteiger charge is -2.15. The quantitative estimate of drug-likeness (QED) is 0.774. The molecule has 0 amide bonds. The van der Waals surface area contributed by atoms with Gasteiger partial charge in [0.25, 0.3) is 0 Å². The number of hydrogen-bond acceptors (Lipinski definition) is 2. The summed E-state index contributed by atoms with van der Waals surface area (Å²) in [7, 11) is 1.78. The molecule has 3 rings (SSSR count). The van der Waals surface area contributed by atoms with Crippen LogP contribution in [-0.2, 0) is 4.79 Å². The molecule has 2 atom stereocenters. The molecule has 1 fully saturated rings. The van der Waals surface area contributed by atoms with E-state index in [1.165, 1.54) is 11.1 Å². The smallest absolute Gasteiger partial charge is 0.153 e. The molecule has 0 aliphatic heterocycles. The number of ketones is 1. The van der Waals surface area contributed by atoms with Crippen molar-refractivity contribution in [2.45, 2.75) is 32.1 Å². The molecule has 118 valence electrons. The van der Waals surface area contributed by atoms with Crippen molar-refractivity contribution in [2.75, 3.05) is 7.05 Å². The van der Waals surface area contributed by atoms with Crippen molar-refractivity contribution in [1.82, 2.24) is 0 Å². The standard InChI is InChI=1S/C20H20ClNO/c1-12-6-4-9-16(13(12)2)19-18(22-3)11-17(20(19)23)14-7-5-8-15(21)10-14/h4-10,17,19H,11H2,1-3H3. The summed E-state index contributed by atoms with van der Waals surface area (Å²) in [4.78, 5) is 17.6. The van der Waals surface area contributed by atoms with Gasteiger partial charge in [0.15, 0.2) is 5.78 Å². The van der Waals surface area contributed by atoms with Crippen LogP contribution in [0, 0.1) is 13.8 Å². The summed E-state index contributed by atoms with van der Waals surface area (Å²) in [6, 6.07) is 13.8. The molecular formula is C20H20ClNO. The number of benzene rings is 2. The van der Waals surface area contributed by atoms with Gasteiger partial charge in [-0.05, 0) is 48.2 Å². The van der Waals surface area contributed by atoms with Gasteiger partial charge in [0, 0.05) is 30.1 Å². The van der Waals surface area contributed by atoms with Crippen LogP contribution in [0.2, 0.25) is 5.02 Å². The first-order valence-electron chi connectivity index (χ1n) is 7.83. The molecule has 0 bridgehead atoms. The number of aliphatic imine (C=N–C) groups is 1. The summed E-state index contributed by atoms with van der Waals surface area (Å²) in [5.74, 6) is -0.164. The van der Waals surface area contributed by atoms with Crippen molar-refractivity contribution >= 4 is 23.1 Å². The number of rotatable bonds is 2. The van der Waals surface area contributed by atoms with Crippen LogP contribution in [0.3, 0.4) is 0 Å². The van der Waals surface area contributed by atoms with E-state index in [1.54, 1.807) is 7.05 Å². The lowest BCUT2D eigenvalue weighted by Crippen LogP contribution is -2.16. The Balaban J connectivity index is 2.05. The highest BCUT2D eigenvalue weighted by Gasteiger charge is 2.41. The van der Waals surface area contributed by atoms with Crippen LogP contribution in [-0.4, -0.2) is 18.5 Å². The first-order chi connectivity index (χ1) is 11.0. The average molecular weight is 326 g/mol. The van der Waals surface area contributed by atoms with Crippen LogP contribution >= 0.6 is 11.6 Å². The van der Waals surface area contributed by atoms with E-state index in [0.717, 1.165) is 16.8 Å². The second kappa shape index (κ2) is 6.29. The number of aryl methyl sites for hydroxylation is 1. The van der Waals surface area contributed by atoms with E-state index in [0.29, 0.717) is 11.4 Å². The van der Waals surface area contributed by atoms with Crippen molar-refractivity contribution in [3.63, 3.8) is 0 Å². The Bertz CT molecular complexity index is 794. The molecule has 23 heavy (non-hydrogen) atoms. The highest BCUT2D eigenvalue weighted by molar-refractivity contribution is 6.30. The lowest BCUT2D eigenvalue weighted by atomic mass is 9.87. The zero-order valence-corrected chi connectivity index (χ0v) is 14.4. The number of Topliss-reactive ketones (excluding diaryl/α,β-unsaturated/α-hetero) is 1. The second-order valence-corrected chi connectivity index (χ2v) is 6.59. The summed E-state index contributed by atoms with van der Waals surface area (Å²) in [5.41, 5.74) is 5.42. The molecule has 0 radical (unpaired) electrons. The van der Waals surface area contributed by atoms with Crippen LogP contribution in [0.15, 0.2) is 47.5 Å². The van der Waals surface area contributed by atoms with Gasteiger partial charge in [-0.1, -0.05) is 41.9 Å². The molecule has 0 aromatic heterocycles. The normalized spacial score (nSPS) is 22.8. The van der Waals surface area contributed by atoms with E-state index in [9.17, 15) is 4.79 Å². The van der Waals surface area contributed by atoms with Gasteiger partial charge in [-0.3, -0.25) is 9.79 Å². The van der Waals surface area contributed by atoms with E-state index in [2.05, 4.69) is 31.0 Å². The summed E-state index contributed by atoms with van der Waals surface area (Å²) >= 11 is 6.10. The lowest BCUT2D eigenvalue weighted by molar-refractivity contribution is -0.119. The first kappa shape index (κ1) is 15.9. The zero-order valence-electron chi connectivity index (χ0n) is 13.6. The van der Waals surface area contributed by atoms with Crippen LogP contribution < -0.4 is 0 Å². The number of carbonyl (C=O) groups excluding carboxylic acids is 1. The van der Waals surface area contributed by atoms with Gasteiger partial charge in [-0.15, -0.1) is 0 Å². The molecule has 2 unspecified atom stereocenters. The molecule has 2 nitrogen and oxygen atoms in total. The molecule has 2 aromatic rings. The molecule has 1 saturated carbocycles. The van der Waals surface area contributed by atoms with E-state index < -0.39 is 0 Å². The van der Waals surface area contributed by atoms with Gasteiger partial charge in [-0.25, -0.2) is 0 Å². The number of nitrogens with zero attached hydrogens (tertiary/aromatic N) is 1. The summed E-state index contributed by atoms with van der Waals surface area (Å²) in [6.45, 7) is 4.16. The zero-order chi connectivity index (χ0) is 16.6. The predicted octanol–water partition coefficient (Wildman–Crippen LogP) is 4.87. The molecule has 3 heteroatoms. The largest absolute Gasteiger partial charge is 0.298 e. The highest BCUT2D eigenvalue weighted by Crippen LogP contribution is 2.40.